The van der Waals surface area contributed by atoms with Crippen LogP contribution in [0.2, 0.25) is 0 Å². The van der Waals surface area contributed by atoms with Crippen molar-refractivity contribution in [2.75, 3.05) is 13.1 Å². The summed E-state index contributed by atoms with van der Waals surface area (Å²) in [6.45, 7) is 11.2. The maximum atomic E-state index is 4.72. The number of nitrogens with zero attached hydrogens (tertiary/aromatic N) is 4. The molecule has 0 fully saturated rings. The highest BCUT2D eigenvalue weighted by Gasteiger charge is 2.09. The van der Waals surface area contributed by atoms with Crippen LogP contribution >= 0.6 is 24.0 Å². The third-order valence-corrected chi connectivity index (χ3v) is 4.61. The number of halogens is 1. The molecule has 0 bridgehead atoms. The van der Waals surface area contributed by atoms with E-state index in [9.17, 15) is 0 Å². The van der Waals surface area contributed by atoms with Crippen LogP contribution in [-0.4, -0.2) is 33.8 Å². The molecule has 0 aliphatic heterocycles. The van der Waals surface area contributed by atoms with Crippen molar-refractivity contribution in [1.82, 2.24) is 25.4 Å². The monoisotopic (exact) mass is 478 g/mol. The van der Waals surface area contributed by atoms with Crippen molar-refractivity contribution in [2.24, 2.45) is 18.0 Å². The van der Waals surface area contributed by atoms with E-state index >= 15 is 0 Å². The van der Waals surface area contributed by atoms with E-state index in [1.165, 1.54) is 38.5 Å². The average molecular weight is 478 g/mol. The molecule has 0 spiro atoms. The molecule has 0 aromatic carbocycles. The Labute approximate surface area is 177 Å². The topological polar surface area (TPSA) is 67.1 Å². The maximum Gasteiger partial charge on any atom is 0.191 e. The Morgan fingerprint density at radius 2 is 1.77 bits per heavy atom. The molecular formula is C19H39IN6. The molecule has 1 heterocycles. The summed E-state index contributed by atoms with van der Waals surface area (Å²) in [4.78, 5) is 4.72. The van der Waals surface area contributed by atoms with Crippen LogP contribution in [0.1, 0.15) is 77.4 Å². The fraction of sp³-hybridized carbons (Fsp3) is 0.842. The van der Waals surface area contributed by atoms with E-state index in [2.05, 4.69) is 41.6 Å². The quantitative estimate of drug-likeness (QED) is 0.205. The van der Waals surface area contributed by atoms with Gasteiger partial charge in [-0.1, -0.05) is 46.5 Å². The Balaban J connectivity index is 0.00000625. The zero-order valence-corrected chi connectivity index (χ0v) is 19.7. The van der Waals surface area contributed by atoms with E-state index < -0.39 is 0 Å². The molecule has 7 heteroatoms. The number of hydrogen-bond acceptors (Lipinski definition) is 3. The van der Waals surface area contributed by atoms with Crippen LogP contribution in [0.25, 0.3) is 0 Å². The summed E-state index contributed by atoms with van der Waals surface area (Å²) in [5.74, 6) is 3.43. The van der Waals surface area contributed by atoms with Crippen LogP contribution in [0, 0.1) is 12.8 Å². The number of hydrogen-bond donors (Lipinski definition) is 2. The van der Waals surface area contributed by atoms with Crippen LogP contribution in [0.4, 0.5) is 0 Å². The average Bonchev–Trinajstić information content (AvgIpc) is 2.93. The number of aryl methyl sites for hydroxylation is 1. The number of rotatable bonds is 12. The second kappa shape index (κ2) is 15.2. The lowest BCUT2D eigenvalue weighted by molar-refractivity contribution is 0.423. The van der Waals surface area contributed by atoms with Crippen molar-refractivity contribution in [2.45, 2.75) is 79.2 Å². The third kappa shape index (κ3) is 9.73. The van der Waals surface area contributed by atoms with E-state index in [1.807, 2.05) is 18.5 Å². The molecule has 0 amide bonds. The van der Waals surface area contributed by atoms with Crippen molar-refractivity contribution >= 4 is 29.9 Å². The van der Waals surface area contributed by atoms with Crippen molar-refractivity contribution in [3.05, 3.63) is 11.6 Å². The minimum atomic E-state index is 0. The van der Waals surface area contributed by atoms with Crippen molar-refractivity contribution < 1.29 is 0 Å². The zero-order chi connectivity index (χ0) is 18.5. The molecule has 1 unspecified atom stereocenters. The van der Waals surface area contributed by atoms with E-state index in [-0.39, 0.29) is 24.0 Å². The summed E-state index contributed by atoms with van der Waals surface area (Å²) >= 11 is 0. The molecule has 26 heavy (non-hydrogen) atoms. The summed E-state index contributed by atoms with van der Waals surface area (Å²) in [5.41, 5.74) is 0. The van der Waals surface area contributed by atoms with Gasteiger partial charge in [0.2, 0.25) is 0 Å². The van der Waals surface area contributed by atoms with Gasteiger partial charge in [0.25, 0.3) is 0 Å². The van der Waals surface area contributed by atoms with Crippen LogP contribution in [0.15, 0.2) is 4.99 Å². The molecule has 1 aromatic heterocycles. The van der Waals surface area contributed by atoms with Gasteiger partial charge in [0.1, 0.15) is 12.4 Å². The van der Waals surface area contributed by atoms with Gasteiger partial charge in [-0.25, -0.2) is 4.99 Å². The van der Waals surface area contributed by atoms with Crippen molar-refractivity contribution in [3.63, 3.8) is 0 Å². The van der Waals surface area contributed by atoms with Gasteiger partial charge in [0, 0.05) is 20.1 Å². The Morgan fingerprint density at radius 3 is 2.35 bits per heavy atom. The first-order valence-corrected chi connectivity index (χ1v) is 9.99. The Kier molecular flexibility index (Phi) is 14.7. The zero-order valence-electron chi connectivity index (χ0n) is 17.3. The first-order valence-electron chi connectivity index (χ1n) is 9.99. The molecule has 0 saturated heterocycles. The number of unbranched alkanes of at least 4 members (excludes halogenated alkanes) is 2. The summed E-state index contributed by atoms with van der Waals surface area (Å²) in [6, 6.07) is 0. The van der Waals surface area contributed by atoms with Gasteiger partial charge in [0.15, 0.2) is 11.8 Å². The summed E-state index contributed by atoms with van der Waals surface area (Å²) in [5, 5.41) is 15.3. The molecule has 1 atom stereocenters. The van der Waals surface area contributed by atoms with Gasteiger partial charge in [-0.05, 0) is 32.1 Å². The van der Waals surface area contributed by atoms with Gasteiger partial charge in [-0.15, -0.1) is 34.2 Å². The molecular weight excluding hydrogens is 439 g/mol. The standard InChI is InChI=1S/C19H38N6.HI/c1-6-9-12-17(11-8-3)14-21-19(20-13-10-7-2)22-15-18-24-23-16(4)25(18)5;/h17H,6-15H2,1-5H3,(H2,20,21,22);1H. The van der Waals surface area contributed by atoms with Gasteiger partial charge in [-0.3, -0.25) is 0 Å². The van der Waals surface area contributed by atoms with Crippen LogP contribution < -0.4 is 10.6 Å². The lowest BCUT2D eigenvalue weighted by Gasteiger charge is -2.19. The molecule has 1 rings (SSSR count). The predicted octanol–water partition coefficient (Wildman–Crippen LogP) is 4.18. The van der Waals surface area contributed by atoms with Crippen LogP contribution in [0.3, 0.4) is 0 Å². The molecule has 0 aliphatic rings. The normalized spacial score (nSPS) is 12.6. The molecule has 0 radical (unpaired) electrons. The lowest BCUT2D eigenvalue weighted by Crippen LogP contribution is -2.40. The second-order valence-corrected chi connectivity index (χ2v) is 6.85. The highest BCUT2D eigenvalue weighted by Crippen LogP contribution is 2.13. The number of aromatic nitrogens is 3. The first kappa shape index (κ1) is 25.1. The van der Waals surface area contributed by atoms with Crippen molar-refractivity contribution in [3.8, 4) is 0 Å². The van der Waals surface area contributed by atoms with Gasteiger partial charge in [0.05, 0.1) is 0 Å². The Morgan fingerprint density at radius 1 is 1.04 bits per heavy atom. The molecule has 152 valence electrons. The van der Waals surface area contributed by atoms with E-state index in [0.717, 1.165) is 43.0 Å². The third-order valence-electron chi connectivity index (χ3n) is 4.61. The molecule has 0 saturated carbocycles. The SMILES string of the molecule is CCCCNC(=NCc1nnc(C)n1C)NCC(CCC)CCCC.I. The van der Waals surface area contributed by atoms with Gasteiger partial charge in [-0.2, -0.15) is 0 Å². The Bertz CT molecular complexity index is 500. The summed E-state index contributed by atoms with van der Waals surface area (Å²) in [6.07, 6.45) is 8.71. The lowest BCUT2D eigenvalue weighted by atomic mass is 9.97. The van der Waals surface area contributed by atoms with Gasteiger partial charge >= 0.3 is 0 Å². The smallest absolute Gasteiger partial charge is 0.191 e. The molecule has 0 aliphatic carbocycles. The maximum absolute atomic E-state index is 4.72. The van der Waals surface area contributed by atoms with Crippen LogP contribution in [-0.2, 0) is 13.6 Å². The fourth-order valence-electron chi connectivity index (χ4n) is 2.79. The predicted molar refractivity (Wildman–Crippen MR) is 121 cm³/mol. The largest absolute Gasteiger partial charge is 0.356 e. The minimum Gasteiger partial charge on any atom is -0.356 e. The summed E-state index contributed by atoms with van der Waals surface area (Å²) < 4.78 is 1.99. The molecule has 2 N–H and O–H groups in total. The Hall–Kier alpha value is -0.860. The highest BCUT2D eigenvalue weighted by atomic mass is 127. The number of nitrogens with one attached hydrogen (secondary N) is 2. The van der Waals surface area contributed by atoms with E-state index in [0.29, 0.717) is 6.54 Å². The van der Waals surface area contributed by atoms with E-state index in [4.69, 9.17) is 4.99 Å². The first-order chi connectivity index (χ1) is 12.1. The fourth-order valence-corrected chi connectivity index (χ4v) is 2.79. The summed E-state index contributed by atoms with van der Waals surface area (Å²) in [7, 11) is 1.99. The number of aliphatic imine (C=N–C) groups is 1. The van der Waals surface area contributed by atoms with Gasteiger partial charge < -0.3 is 15.2 Å². The second-order valence-electron chi connectivity index (χ2n) is 6.85. The highest BCUT2D eigenvalue weighted by molar-refractivity contribution is 14.0. The van der Waals surface area contributed by atoms with E-state index in [1.54, 1.807) is 0 Å². The van der Waals surface area contributed by atoms with Crippen LogP contribution in [0.5, 0.6) is 0 Å². The number of guanidine groups is 1. The minimum absolute atomic E-state index is 0. The van der Waals surface area contributed by atoms with Crippen molar-refractivity contribution in [1.29, 1.82) is 0 Å². The molecule has 1 aromatic rings. The molecule has 6 nitrogen and oxygen atoms in total.